The second kappa shape index (κ2) is 5.69. The largest absolute Gasteiger partial charge is 0.313 e. The Balaban J connectivity index is 1.77. The van der Waals surface area contributed by atoms with Gasteiger partial charge in [-0.2, -0.15) is 11.8 Å². The van der Waals surface area contributed by atoms with Crippen molar-refractivity contribution in [3.63, 3.8) is 0 Å². The van der Waals surface area contributed by atoms with Crippen molar-refractivity contribution in [2.45, 2.75) is 55.6 Å². The first-order valence-electron chi connectivity index (χ1n) is 6.77. The molecule has 1 heterocycles. The zero-order chi connectivity index (χ0) is 13.2. The minimum atomic E-state index is -3.18. The maximum absolute atomic E-state index is 12.1. The highest BCUT2D eigenvalue weighted by Crippen LogP contribution is 2.37. The molecule has 1 aliphatic carbocycles. The van der Waals surface area contributed by atoms with Crippen LogP contribution < -0.4 is 10.0 Å². The van der Waals surface area contributed by atoms with Gasteiger partial charge in [-0.15, -0.1) is 0 Å². The van der Waals surface area contributed by atoms with Crippen molar-refractivity contribution in [3.8, 4) is 0 Å². The Morgan fingerprint density at radius 3 is 2.72 bits per heavy atom. The van der Waals surface area contributed by atoms with Crippen molar-refractivity contribution in [1.29, 1.82) is 0 Å². The van der Waals surface area contributed by atoms with Crippen molar-refractivity contribution >= 4 is 21.8 Å². The molecular weight excluding hydrogens is 268 g/mol. The average molecular weight is 292 g/mol. The van der Waals surface area contributed by atoms with Gasteiger partial charge in [-0.05, 0) is 45.3 Å². The lowest BCUT2D eigenvalue weighted by molar-refractivity contribution is 0.536. The van der Waals surface area contributed by atoms with Crippen molar-refractivity contribution in [3.05, 3.63) is 0 Å². The maximum atomic E-state index is 12.1. The molecule has 18 heavy (non-hydrogen) atoms. The number of nitrogens with one attached hydrogen (secondary N) is 2. The van der Waals surface area contributed by atoms with E-state index in [2.05, 4.69) is 17.0 Å². The number of thioether (sulfide) groups is 1. The molecule has 1 saturated carbocycles. The minimum absolute atomic E-state index is 0.0940. The predicted octanol–water partition coefficient (Wildman–Crippen LogP) is 1.33. The molecule has 0 amide bonds. The first kappa shape index (κ1) is 14.6. The SMILES string of the molecule is CC(CNC1CC1)S(=O)(=O)NCC1(C)CCCS1. The summed E-state index contributed by atoms with van der Waals surface area (Å²) < 4.78 is 27.1. The van der Waals surface area contributed by atoms with Crippen molar-refractivity contribution in [2.75, 3.05) is 18.8 Å². The molecule has 0 aromatic carbocycles. The standard InChI is InChI=1S/C12H24N2O2S2/c1-10(8-13-11-4-5-11)18(15,16)14-9-12(2)6-3-7-17-12/h10-11,13-14H,3-9H2,1-2H3. The van der Waals surface area contributed by atoms with Crippen molar-refractivity contribution in [2.24, 2.45) is 0 Å². The van der Waals surface area contributed by atoms with E-state index in [0.29, 0.717) is 19.1 Å². The number of sulfonamides is 1. The summed E-state index contributed by atoms with van der Waals surface area (Å²) in [6, 6.07) is 0.561. The van der Waals surface area contributed by atoms with Gasteiger partial charge in [0.05, 0.1) is 5.25 Å². The van der Waals surface area contributed by atoms with E-state index in [0.717, 1.165) is 12.2 Å². The number of hydrogen-bond acceptors (Lipinski definition) is 4. The summed E-state index contributed by atoms with van der Waals surface area (Å²) in [4.78, 5) is 0. The van der Waals surface area contributed by atoms with Crippen LogP contribution >= 0.6 is 11.8 Å². The summed E-state index contributed by atoms with van der Waals surface area (Å²) in [5.41, 5.74) is 0. The zero-order valence-electron chi connectivity index (χ0n) is 11.2. The van der Waals surface area contributed by atoms with E-state index in [1.165, 1.54) is 19.3 Å². The lowest BCUT2D eigenvalue weighted by atomic mass is 10.1. The van der Waals surface area contributed by atoms with Crippen LogP contribution in [0.2, 0.25) is 0 Å². The van der Waals surface area contributed by atoms with Gasteiger partial charge in [0, 0.05) is 23.9 Å². The monoisotopic (exact) mass is 292 g/mol. The van der Waals surface area contributed by atoms with E-state index < -0.39 is 10.0 Å². The Bertz CT molecular complexity index is 374. The molecule has 2 rings (SSSR count). The van der Waals surface area contributed by atoms with Crippen LogP contribution in [0.4, 0.5) is 0 Å². The maximum Gasteiger partial charge on any atom is 0.215 e. The fourth-order valence-electron chi connectivity index (χ4n) is 2.10. The lowest BCUT2D eigenvalue weighted by Crippen LogP contribution is -2.44. The van der Waals surface area contributed by atoms with Gasteiger partial charge in [-0.1, -0.05) is 0 Å². The second-order valence-electron chi connectivity index (χ2n) is 5.76. The van der Waals surface area contributed by atoms with Gasteiger partial charge < -0.3 is 5.32 Å². The van der Waals surface area contributed by atoms with Crippen molar-refractivity contribution in [1.82, 2.24) is 10.0 Å². The highest BCUT2D eigenvalue weighted by Gasteiger charge is 2.32. The first-order chi connectivity index (χ1) is 8.41. The Hall–Kier alpha value is 0.220. The highest BCUT2D eigenvalue weighted by molar-refractivity contribution is 8.01. The second-order valence-corrected chi connectivity index (χ2v) is 9.63. The van der Waals surface area contributed by atoms with E-state index in [4.69, 9.17) is 0 Å². The van der Waals surface area contributed by atoms with E-state index >= 15 is 0 Å². The molecule has 2 fully saturated rings. The third-order valence-electron chi connectivity index (χ3n) is 3.75. The molecule has 2 unspecified atom stereocenters. The van der Waals surface area contributed by atoms with Crippen LogP contribution in [-0.4, -0.2) is 43.3 Å². The number of hydrogen-bond donors (Lipinski definition) is 2. The minimum Gasteiger partial charge on any atom is -0.313 e. The van der Waals surface area contributed by atoms with Gasteiger partial charge in [0.25, 0.3) is 0 Å². The molecule has 1 saturated heterocycles. The number of rotatable bonds is 7. The molecular formula is C12H24N2O2S2. The Labute approximate surface area is 115 Å². The van der Waals surface area contributed by atoms with Gasteiger partial charge in [0.1, 0.15) is 0 Å². The molecule has 0 bridgehead atoms. The van der Waals surface area contributed by atoms with Gasteiger partial charge in [-0.3, -0.25) is 0 Å². The lowest BCUT2D eigenvalue weighted by Gasteiger charge is -2.24. The van der Waals surface area contributed by atoms with E-state index in [1.807, 2.05) is 11.8 Å². The van der Waals surface area contributed by atoms with Gasteiger partial charge in [0.2, 0.25) is 10.0 Å². The third-order valence-corrected chi connectivity index (χ3v) is 7.06. The quantitative estimate of drug-likeness (QED) is 0.743. The Morgan fingerprint density at radius 2 is 2.17 bits per heavy atom. The van der Waals surface area contributed by atoms with Gasteiger partial charge in [-0.25, -0.2) is 13.1 Å². The first-order valence-corrected chi connectivity index (χ1v) is 9.30. The predicted molar refractivity (Wildman–Crippen MR) is 77.5 cm³/mol. The average Bonchev–Trinajstić information content (AvgIpc) is 3.06. The van der Waals surface area contributed by atoms with E-state index in [9.17, 15) is 8.42 Å². The topological polar surface area (TPSA) is 58.2 Å². The summed E-state index contributed by atoms with van der Waals surface area (Å²) >= 11 is 1.88. The smallest absolute Gasteiger partial charge is 0.215 e. The van der Waals surface area contributed by atoms with Crippen LogP contribution in [0, 0.1) is 0 Å². The summed E-state index contributed by atoms with van der Waals surface area (Å²) in [5, 5.41) is 2.92. The molecule has 0 spiro atoms. The van der Waals surface area contributed by atoms with Crippen LogP contribution in [0.5, 0.6) is 0 Å². The molecule has 106 valence electrons. The van der Waals surface area contributed by atoms with Gasteiger partial charge >= 0.3 is 0 Å². The Kier molecular flexibility index (Phi) is 4.62. The molecule has 6 heteroatoms. The van der Waals surface area contributed by atoms with Crippen molar-refractivity contribution < 1.29 is 8.42 Å². The van der Waals surface area contributed by atoms with Crippen LogP contribution in [-0.2, 0) is 10.0 Å². The summed E-state index contributed by atoms with van der Waals surface area (Å²) in [6.45, 7) is 5.06. The fourth-order valence-corrected chi connectivity index (χ4v) is 4.56. The highest BCUT2D eigenvalue weighted by atomic mass is 32.2. The zero-order valence-corrected chi connectivity index (χ0v) is 12.9. The van der Waals surface area contributed by atoms with Crippen LogP contribution in [0.25, 0.3) is 0 Å². The third kappa shape index (κ3) is 4.11. The summed E-state index contributed by atoms with van der Waals surface area (Å²) in [5.74, 6) is 1.15. The fraction of sp³-hybridized carbons (Fsp3) is 1.00. The molecule has 0 aromatic rings. The summed E-state index contributed by atoms with van der Waals surface area (Å²) in [6.07, 6.45) is 4.68. The van der Waals surface area contributed by atoms with Crippen LogP contribution in [0.15, 0.2) is 0 Å². The molecule has 2 atom stereocenters. The Morgan fingerprint density at radius 1 is 1.44 bits per heavy atom. The van der Waals surface area contributed by atoms with Crippen LogP contribution in [0.3, 0.4) is 0 Å². The van der Waals surface area contributed by atoms with Gasteiger partial charge in [0.15, 0.2) is 0 Å². The van der Waals surface area contributed by atoms with Crippen LogP contribution in [0.1, 0.15) is 39.5 Å². The molecule has 1 aliphatic heterocycles. The molecule has 0 radical (unpaired) electrons. The van der Waals surface area contributed by atoms with E-state index in [1.54, 1.807) is 6.92 Å². The summed E-state index contributed by atoms with van der Waals surface area (Å²) in [7, 11) is -3.18. The normalized spacial score (nSPS) is 30.6. The van der Waals surface area contributed by atoms with E-state index in [-0.39, 0.29) is 10.00 Å². The molecule has 4 nitrogen and oxygen atoms in total. The molecule has 0 aromatic heterocycles. The molecule has 2 N–H and O–H groups in total. The molecule has 2 aliphatic rings.